The molecule has 1 amide bonds. The first-order valence-electron chi connectivity index (χ1n) is 11.6. The standard InChI is InChI=1S/C27H33N3OS/c1-2-25(26-9-6-18-32-26)29-23-14-16-30(17-15-23)24-12-10-21(11-13-24)19-27(31)28-20-22-7-4-3-5-8-22/h3-13,18,23,25,29H,2,14-17,19-20H2,1H3,(H,28,31). The summed E-state index contributed by atoms with van der Waals surface area (Å²) in [6.45, 7) is 4.97. The van der Waals surface area contributed by atoms with Gasteiger partial charge in [-0.05, 0) is 54.0 Å². The Labute approximate surface area is 195 Å². The molecule has 4 rings (SSSR count). The van der Waals surface area contributed by atoms with Gasteiger partial charge in [-0.25, -0.2) is 0 Å². The van der Waals surface area contributed by atoms with Crippen LogP contribution in [0.4, 0.5) is 5.69 Å². The van der Waals surface area contributed by atoms with E-state index < -0.39 is 0 Å². The second kappa shape index (κ2) is 11.3. The lowest BCUT2D eigenvalue weighted by Crippen LogP contribution is -2.43. The lowest BCUT2D eigenvalue weighted by molar-refractivity contribution is -0.120. The molecule has 1 fully saturated rings. The quantitative estimate of drug-likeness (QED) is 0.467. The highest BCUT2D eigenvalue weighted by Crippen LogP contribution is 2.26. The molecular weight excluding hydrogens is 414 g/mol. The van der Waals surface area contributed by atoms with E-state index in [1.807, 2.05) is 41.7 Å². The summed E-state index contributed by atoms with van der Waals surface area (Å²) in [5, 5.41) is 9.04. The van der Waals surface area contributed by atoms with Crippen molar-refractivity contribution in [3.05, 3.63) is 88.1 Å². The second-order valence-corrected chi connectivity index (χ2v) is 9.49. The van der Waals surface area contributed by atoms with Crippen LogP contribution < -0.4 is 15.5 Å². The van der Waals surface area contributed by atoms with Gasteiger partial charge in [0.25, 0.3) is 0 Å². The van der Waals surface area contributed by atoms with Crippen molar-refractivity contribution in [1.29, 1.82) is 0 Å². The second-order valence-electron chi connectivity index (χ2n) is 8.51. The van der Waals surface area contributed by atoms with E-state index in [4.69, 9.17) is 0 Å². The third-order valence-corrected chi connectivity index (χ3v) is 7.21. The number of hydrogen-bond donors (Lipinski definition) is 2. The third-order valence-electron chi connectivity index (χ3n) is 6.23. The van der Waals surface area contributed by atoms with Gasteiger partial charge in [0.05, 0.1) is 6.42 Å². The van der Waals surface area contributed by atoms with Crippen LogP contribution in [0.25, 0.3) is 0 Å². The van der Waals surface area contributed by atoms with Crippen LogP contribution >= 0.6 is 11.3 Å². The summed E-state index contributed by atoms with van der Waals surface area (Å²) in [6.07, 6.45) is 3.86. The van der Waals surface area contributed by atoms with Crippen molar-refractivity contribution in [2.75, 3.05) is 18.0 Å². The van der Waals surface area contributed by atoms with E-state index in [1.165, 1.54) is 10.6 Å². The van der Waals surface area contributed by atoms with Gasteiger partial charge in [-0.2, -0.15) is 0 Å². The van der Waals surface area contributed by atoms with Gasteiger partial charge in [0, 0.05) is 42.3 Å². The predicted molar refractivity (Wildman–Crippen MR) is 134 cm³/mol. The molecule has 2 heterocycles. The molecule has 2 aromatic carbocycles. The van der Waals surface area contributed by atoms with Crippen molar-refractivity contribution in [1.82, 2.24) is 10.6 Å². The van der Waals surface area contributed by atoms with E-state index in [0.717, 1.165) is 43.5 Å². The predicted octanol–water partition coefficient (Wildman–Crippen LogP) is 5.32. The van der Waals surface area contributed by atoms with E-state index in [0.29, 0.717) is 25.0 Å². The number of thiophene rings is 1. The van der Waals surface area contributed by atoms with Crippen molar-refractivity contribution in [2.45, 2.75) is 51.2 Å². The van der Waals surface area contributed by atoms with Crippen LogP contribution in [0.3, 0.4) is 0 Å². The molecule has 5 heteroatoms. The van der Waals surface area contributed by atoms with Crippen molar-refractivity contribution in [2.24, 2.45) is 0 Å². The number of anilines is 1. The zero-order chi connectivity index (χ0) is 22.2. The van der Waals surface area contributed by atoms with E-state index in [1.54, 1.807) is 0 Å². The normalized spacial score (nSPS) is 15.5. The minimum atomic E-state index is 0.0599. The fourth-order valence-electron chi connectivity index (χ4n) is 4.35. The minimum Gasteiger partial charge on any atom is -0.371 e. The number of carbonyl (C=O) groups is 1. The molecule has 0 saturated carbocycles. The molecule has 1 aliphatic heterocycles. The van der Waals surface area contributed by atoms with E-state index >= 15 is 0 Å². The lowest BCUT2D eigenvalue weighted by Gasteiger charge is -2.35. The Morgan fingerprint density at radius 3 is 2.41 bits per heavy atom. The monoisotopic (exact) mass is 447 g/mol. The highest BCUT2D eigenvalue weighted by atomic mass is 32.1. The Balaban J connectivity index is 1.22. The zero-order valence-corrected chi connectivity index (χ0v) is 19.6. The summed E-state index contributed by atoms with van der Waals surface area (Å²) in [5.41, 5.74) is 3.43. The Morgan fingerprint density at radius 1 is 1.00 bits per heavy atom. The van der Waals surface area contributed by atoms with Gasteiger partial charge < -0.3 is 15.5 Å². The first-order chi connectivity index (χ1) is 15.7. The van der Waals surface area contributed by atoms with Gasteiger partial charge in [-0.15, -0.1) is 11.3 Å². The summed E-state index contributed by atoms with van der Waals surface area (Å²) >= 11 is 1.85. The molecule has 1 aromatic heterocycles. The largest absolute Gasteiger partial charge is 0.371 e. The summed E-state index contributed by atoms with van der Waals surface area (Å²) in [6, 6.07) is 23.9. The van der Waals surface area contributed by atoms with Crippen LogP contribution in [0, 0.1) is 0 Å². The number of hydrogen-bond acceptors (Lipinski definition) is 4. The summed E-state index contributed by atoms with van der Waals surface area (Å²) in [4.78, 5) is 16.2. The lowest BCUT2D eigenvalue weighted by atomic mass is 10.0. The van der Waals surface area contributed by atoms with E-state index in [-0.39, 0.29) is 5.91 Å². The molecule has 32 heavy (non-hydrogen) atoms. The third kappa shape index (κ3) is 6.21. The number of carbonyl (C=O) groups excluding carboxylic acids is 1. The first-order valence-corrected chi connectivity index (χ1v) is 12.5. The van der Waals surface area contributed by atoms with Gasteiger partial charge in [-0.1, -0.05) is 55.5 Å². The smallest absolute Gasteiger partial charge is 0.224 e. The molecule has 0 aliphatic carbocycles. The van der Waals surface area contributed by atoms with E-state index in [2.05, 4.69) is 64.2 Å². The van der Waals surface area contributed by atoms with Crippen LogP contribution in [-0.2, 0) is 17.8 Å². The molecule has 168 valence electrons. The van der Waals surface area contributed by atoms with Crippen LogP contribution in [0.2, 0.25) is 0 Å². The summed E-state index contributed by atoms with van der Waals surface area (Å²) < 4.78 is 0. The van der Waals surface area contributed by atoms with Crippen molar-refractivity contribution in [3.8, 4) is 0 Å². The molecule has 1 atom stereocenters. The number of rotatable bonds is 9. The van der Waals surface area contributed by atoms with E-state index in [9.17, 15) is 4.79 Å². The van der Waals surface area contributed by atoms with Gasteiger partial charge in [-0.3, -0.25) is 4.79 Å². The molecule has 0 bridgehead atoms. The summed E-state index contributed by atoms with van der Waals surface area (Å²) in [7, 11) is 0. The average Bonchev–Trinajstić information content (AvgIpc) is 3.38. The highest BCUT2D eigenvalue weighted by Gasteiger charge is 2.22. The molecule has 0 radical (unpaired) electrons. The van der Waals surface area contributed by atoms with Gasteiger partial charge >= 0.3 is 0 Å². The maximum atomic E-state index is 12.3. The number of benzene rings is 2. The molecule has 2 N–H and O–H groups in total. The van der Waals surface area contributed by atoms with Gasteiger partial charge in [0.2, 0.25) is 5.91 Å². The minimum absolute atomic E-state index is 0.0599. The van der Waals surface area contributed by atoms with Crippen molar-refractivity contribution >= 4 is 22.9 Å². The molecular formula is C27H33N3OS. The number of nitrogens with one attached hydrogen (secondary N) is 2. The maximum Gasteiger partial charge on any atom is 0.224 e. The topological polar surface area (TPSA) is 44.4 Å². The van der Waals surface area contributed by atoms with Gasteiger partial charge in [0.1, 0.15) is 0 Å². The highest BCUT2D eigenvalue weighted by molar-refractivity contribution is 7.10. The fourth-order valence-corrected chi connectivity index (χ4v) is 5.22. The summed E-state index contributed by atoms with van der Waals surface area (Å²) in [5.74, 6) is 0.0599. The molecule has 4 nitrogen and oxygen atoms in total. The SMILES string of the molecule is CCC(NC1CCN(c2ccc(CC(=O)NCc3ccccc3)cc2)CC1)c1cccs1. The Morgan fingerprint density at radius 2 is 1.75 bits per heavy atom. The average molecular weight is 448 g/mol. The number of nitrogens with zero attached hydrogens (tertiary/aromatic N) is 1. The van der Waals surface area contributed by atoms with Crippen LogP contribution in [0.1, 0.15) is 48.2 Å². The molecule has 0 spiro atoms. The fraction of sp³-hybridized carbons (Fsp3) is 0.370. The van der Waals surface area contributed by atoms with Crippen LogP contribution in [0.5, 0.6) is 0 Å². The molecule has 3 aromatic rings. The Kier molecular flexibility index (Phi) is 7.97. The van der Waals surface area contributed by atoms with Gasteiger partial charge in [0.15, 0.2) is 0 Å². The van der Waals surface area contributed by atoms with Crippen LogP contribution in [-0.4, -0.2) is 25.0 Å². The van der Waals surface area contributed by atoms with Crippen molar-refractivity contribution < 1.29 is 4.79 Å². The Bertz CT molecular complexity index is 948. The first kappa shape index (κ1) is 22.6. The molecule has 1 unspecified atom stereocenters. The number of amides is 1. The van der Waals surface area contributed by atoms with Crippen molar-refractivity contribution in [3.63, 3.8) is 0 Å². The van der Waals surface area contributed by atoms with Crippen LogP contribution in [0.15, 0.2) is 72.1 Å². The zero-order valence-electron chi connectivity index (χ0n) is 18.8. The Hall–Kier alpha value is -2.63. The molecule has 1 aliphatic rings. The number of piperidine rings is 1. The maximum absolute atomic E-state index is 12.3. The molecule has 1 saturated heterocycles.